The third-order valence-electron chi connectivity index (χ3n) is 3.59. The van der Waals surface area contributed by atoms with Crippen LogP contribution in [0.3, 0.4) is 0 Å². The van der Waals surface area contributed by atoms with E-state index >= 15 is 0 Å². The third kappa shape index (κ3) is 4.68. The summed E-state index contributed by atoms with van der Waals surface area (Å²) in [6.07, 6.45) is 0.278. The SMILES string of the molecule is CCN(C(=O)CCNC(=O)c1cccc(C)c1)c1ccccc1. The number of carbonyl (C=O) groups is 2. The van der Waals surface area contributed by atoms with Crippen molar-refractivity contribution in [1.82, 2.24) is 5.32 Å². The number of benzene rings is 2. The lowest BCUT2D eigenvalue weighted by molar-refractivity contribution is -0.118. The lowest BCUT2D eigenvalue weighted by Crippen LogP contribution is -2.34. The van der Waals surface area contributed by atoms with Crippen LogP contribution in [0.4, 0.5) is 5.69 Å². The van der Waals surface area contributed by atoms with Gasteiger partial charge in [0.25, 0.3) is 5.91 Å². The second kappa shape index (κ2) is 8.13. The first-order valence-electron chi connectivity index (χ1n) is 7.82. The van der Waals surface area contributed by atoms with E-state index in [2.05, 4.69) is 5.32 Å². The van der Waals surface area contributed by atoms with E-state index in [1.54, 1.807) is 11.0 Å². The minimum absolute atomic E-state index is 0.00300. The van der Waals surface area contributed by atoms with Gasteiger partial charge < -0.3 is 10.2 Å². The maximum Gasteiger partial charge on any atom is 0.251 e. The van der Waals surface area contributed by atoms with Crippen LogP contribution in [0.5, 0.6) is 0 Å². The lowest BCUT2D eigenvalue weighted by atomic mass is 10.1. The average molecular weight is 310 g/mol. The highest BCUT2D eigenvalue weighted by Crippen LogP contribution is 2.13. The molecule has 1 N–H and O–H groups in total. The van der Waals surface area contributed by atoms with Crippen molar-refractivity contribution in [3.63, 3.8) is 0 Å². The molecule has 0 aliphatic carbocycles. The monoisotopic (exact) mass is 310 g/mol. The quantitative estimate of drug-likeness (QED) is 0.891. The Morgan fingerprint density at radius 3 is 2.43 bits per heavy atom. The Kier molecular flexibility index (Phi) is 5.92. The number of carbonyl (C=O) groups excluding carboxylic acids is 2. The highest BCUT2D eigenvalue weighted by molar-refractivity contribution is 5.96. The number of nitrogens with zero attached hydrogens (tertiary/aromatic N) is 1. The molecular weight excluding hydrogens is 288 g/mol. The summed E-state index contributed by atoms with van der Waals surface area (Å²) >= 11 is 0. The van der Waals surface area contributed by atoms with Crippen molar-refractivity contribution in [2.45, 2.75) is 20.3 Å². The Balaban J connectivity index is 1.88. The van der Waals surface area contributed by atoms with Crippen molar-refractivity contribution in [2.24, 2.45) is 0 Å². The van der Waals surface area contributed by atoms with Crippen molar-refractivity contribution in [3.8, 4) is 0 Å². The number of aryl methyl sites for hydroxylation is 1. The van der Waals surface area contributed by atoms with E-state index in [4.69, 9.17) is 0 Å². The van der Waals surface area contributed by atoms with E-state index in [0.717, 1.165) is 11.3 Å². The van der Waals surface area contributed by atoms with Crippen LogP contribution in [0.1, 0.15) is 29.3 Å². The van der Waals surface area contributed by atoms with Crippen molar-refractivity contribution in [1.29, 1.82) is 0 Å². The predicted octanol–water partition coefficient (Wildman–Crippen LogP) is 3.17. The molecule has 2 aromatic rings. The van der Waals surface area contributed by atoms with Gasteiger partial charge in [0, 0.05) is 30.8 Å². The molecule has 0 radical (unpaired) electrons. The van der Waals surface area contributed by atoms with Crippen LogP contribution >= 0.6 is 0 Å². The molecule has 0 atom stereocenters. The number of para-hydroxylation sites is 1. The molecule has 0 aliphatic heterocycles. The first-order chi connectivity index (χ1) is 11.1. The molecule has 0 saturated heterocycles. The second-order valence-corrected chi connectivity index (χ2v) is 5.35. The molecule has 0 heterocycles. The van der Waals surface area contributed by atoms with Gasteiger partial charge in [-0.1, -0.05) is 35.9 Å². The standard InChI is InChI=1S/C19H22N2O2/c1-3-21(17-10-5-4-6-11-17)18(22)12-13-20-19(23)16-9-7-8-15(2)14-16/h4-11,14H,3,12-13H2,1-2H3,(H,20,23). The van der Waals surface area contributed by atoms with Crippen LogP contribution in [0.15, 0.2) is 54.6 Å². The van der Waals surface area contributed by atoms with Crippen LogP contribution in [0.25, 0.3) is 0 Å². The molecule has 0 fully saturated rings. The maximum atomic E-state index is 12.3. The number of hydrogen-bond donors (Lipinski definition) is 1. The Labute approximate surface area is 137 Å². The van der Waals surface area contributed by atoms with Gasteiger partial charge >= 0.3 is 0 Å². The van der Waals surface area contributed by atoms with Gasteiger partial charge in [-0.2, -0.15) is 0 Å². The van der Waals surface area contributed by atoms with Gasteiger partial charge in [0.15, 0.2) is 0 Å². The molecule has 0 aromatic heterocycles. The van der Waals surface area contributed by atoms with Crippen LogP contribution in [-0.4, -0.2) is 24.9 Å². The zero-order valence-corrected chi connectivity index (χ0v) is 13.6. The Hall–Kier alpha value is -2.62. The van der Waals surface area contributed by atoms with Gasteiger partial charge in [0.1, 0.15) is 0 Å². The van der Waals surface area contributed by atoms with E-state index in [1.807, 2.05) is 62.4 Å². The van der Waals surface area contributed by atoms with Gasteiger partial charge in [-0.15, -0.1) is 0 Å². The molecule has 0 bridgehead atoms. The van der Waals surface area contributed by atoms with E-state index in [0.29, 0.717) is 18.7 Å². The fourth-order valence-electron chi connectivity index (χ4n) is 2.42. The van der Waals surface area contributed by atoms with E-state index in [1.165, 1.54) is 0 Å². The van der Waals surface area contributed by atoms with Crippen molar-refractivity contribution in [2.75, 3.05) is 18.0 Å². The Bertz CT molecular complexity index is 668. The minimum Gasteiger partial charge on any atom is -0.352 e. The molecule has 0 saturated carbocycles. The average Bonchev–Trinajstić information content (AvgIpc) is 2.56. The molecular formula is C19H22N2O2. The number of nitrogens with one attached hydrogen (secondary N) is 1. The zero-order chi connectivity index (χ0) is 16.7. The van der Waals surface area contributed by atoms with Gasteiger partial charge in [-0.3, -0.25) is 9.59 Å². The number of hydrogen-bond acceptors (Lipinski definition) is 2. The topological polar surface area (TPSA) is 49.4 Å². The molecule has 0 spiro atoms. The number of rotatable bonds is 6. The molecule has 2 amide bonds. The summed E-state index contributed by atoms with van der Waals surface area (Å²) < 4.78 is 0. The van der Waals surface area contributed by atoms with Crippen LogP contribution in [0, 0.1) is 6.92 Å². The Morgan fingerprint density at radius 2 is 1.78 bits per heavy atom. The lowest BCUT2D eigenvalue weighted by Gasteiger charge is -2.21. The fraction of sp³-hybridized carbons (Fsp3) is 0.263. The highest BCUT2D eigenvalue weighted by atomic mass is 16.2. The molecule has 4 nitrogen and oxygen atoms in total. The summed E-state index contributed by atoms with van der Waals surface area (Å²) in [7, 11) is 0. The van der Waals surface area contributed by atoms with Crippen LogP contribution in [-0.2, 0) is 4.79 Å². The van der Waals surface area contributed by atoms with Crippen molar-refractivity contribution in [3.05, 3.63) is 65.7 Å². The summed E-state index contributed by atoms with van der Waals surface area (Å²) in [5.41, 5.74) is 2.54. The summed E-state index contributed by atoms with van der Waals surface area (Å²) in [5.74, 6) is -0.146. The molecule has 120 valence electrons. The fourth-order valence-corrected chi connectivity index (χ4v) is 2.42. The van der Waals surface area contributed by atoms with Gasteiger partial charge in [0.05, 0.1) is 0 Å². The number of amides is 2. The van der Waals surface area contributed by atoms with Crippen molar-refractivity contribution >= 4 is 17.5 Å². The molecule has 0 unspecified atom stereocenters. The minimum atomic E-state index is -0.149. The van der Waals surface area contributed by atoms with Crippen LogP contribution in [0.2, 0.25) is 0 Å². The van der Waals surface area contributed by atoms with Gasteiger partial charge in [0.2, 0.25) is 5.91 Å². The molecule has 2 rings (SSSR count). The largest absolute Gasteiger partial charge is 0.352 e. The van der Waals surface area contributed by atoms with Gasteiger partial charge in [-0.25, -0.2) is 0 Å². The first-order valence-corrected chi connectivity index (χ1v) is 7.82. The summed E-state index contributed by atoms with van der Waals surface area (Å²) in [6.45, 7) is 4.82. The highest BCUT2D eigenvalue weighted by Gasteiger charge is 2.14. The summed E-state index contributed by atoms with van der Waals surface area (Å²) in [5, 5.41) is 2.80. The molecule has 4 heteroatoms. The van der Waals surface area contributed by atoms with Crippen molar-refractivity contribution < 1.29 is 9.59 Å². The maximum absolute atomic E-state index is 12.3. The molecule has 23 heavy (non-hydrogen) atoms. The second-order valence-electron chi connectivity index (χ2n) is 5.35. The zero-order valence-electron chi connectivity index (χ0n) is 13.6. The van der Waals surface area contributed by atoms with Gasteiger partial charge in [-0.05, 0) is 38.1 Å². The van der Waals surface area contributed by atoms with E-state index < -0.39 is 0 Å². The van der Waals surface area contributed by atoms with E-state index in [9.17, 15) is 9.59 Å². The van der Waals surface area contributed by atoms with Crippen LogP contribution < -0.4 is 10.2 Å². The predicted molar refractivity (Wildman–Crippen MR) is 92.6 cm³/mol. The molecule has 0 aliphatic rings. The summed E-state index contributed by atoms with van der Waals surface area (Å²) in [4.78, 5) is 26.1. The van der Waals surface area contributed by atoms with E-state index in [-0.39, 0.29) is 18.2 Å². The first kappa shape index (κ1) is 16.7. The molecule has 2 aromatic carbocycles. The Morgan fingerprint density at radius 1 is 1.04 bits per heavy atom. The third-order valence-corrected chi connectivity index (χ3v) is 3.59. The summed E-state index contributed by atoms with van der Waals surface area (Å²) in [6, 6.07) is 17.0. The smallest absolute Gasteiger partial charge is 0.251 e. The normalized spacial score (nSPS) is 10.2. The number of anilines is 1.